The molecule has 1 saturated heterocycles. The lowest BCUT2D eigenvalue weighted by atomic mass is 9.94. The number of aromatic hydroxyl groups is 1. The SMILES string of the molecule is CN1CC[C@H](N2CN(C3c4ccccc4CCc4ccccc43)n3ccc(=O)c(O)c3C2=O)C1. The number of aromatic nitrogens is 1. The van der Waals surface area contributed by atoms with Crippen molar-refractivity contribution in [3.05, 3.63) is 99.0 Å². The number of fused-ring (bicyclic) bond motifs is 3. The number of likely N-dealkylation sites (tertiary alicyclic amines) is 1. The molecule has 3 heterocycles. The largest absolute Gasteiger partial charge is 0.502 e. The van der Waals surface area contributed by atoms with E-state index in [9.17, 15) is 14.7 Å². The van der Waals surface area contributed by atoms with Gasteiger partial charge in [-0.05, 0) is 55.1 Å². The lowest BCUT2D eigenvalue weighted by Gasteiger charge is -2.46. The maximum atomic E-state index is 13.6. The normalized spacial score (nSPS) is 20.6. The molecule has 6 rings (SSSR count). The molecule has 1 amide bonds. The average molecular weight is 457 g/mol. The molecule has 0 bridgehead atoms. The van der Waals surface area contributed by atoms with E-state index in [1.54, 1.807) is 10.9 Å². The Kier molecular flexibility index (Phi) is 4.95. The summed E-state index contributed by atoms with van der Waals surface area (Å²) in [6.07, 6.45) is 4.38. The van der Waals surface area contributed by atoms with Gasteiger partial charge >= 0.3 is 0 Å². The van der Waals surface area contributed by atoms with Crippen molar-refractivity contribution >= 4 is 5.91 Å². The molecule has 0 radical (unpaired) electrons. The number of aryl methyl sites for hydroxylation is 2. The lowest BCUT2D eigenvalue weighted by Crippen LogP contribution is -2.58. The molecule has 174 valence electrons. The van der Waals surface area contributed by atoms with Crippen LogP contribution in [0, 0.1) is 0 Å². The number of carbonyl (C=O) groups excluding carboxylic acids is 1. The van der Waals surface area contributed by atoms with Crippen LogP contribution in [-0.4, -0.2) is 58.3 Å². The first kappa shape index (κ1) is 21.0. The molecule has 1 aliphatic carbocycles. The number of nitrogens with zero attached hydrogens (tertiary/aromatic N) is 4. The Hall–Kier alpha value is -3.58. The maximum absolute atomic E-state index is 13.6. The fourth-order valence-electron chi connectivity index (χ4n) is 5.82. The third-order valence-electron chi connectivity index (χ3n) is 7.56. The van der Waals surface area contributed by atoms with E-state index in [2.05, 4.69) is 65.5 Å². The van der Waals surface area contributed by atoms with E-state index in [1.165, 1.54) is 28.3 Å². The lowest BCUT2D eigenvalue weighted by molar-refractivity contribution is 0.0597. The molecule has 2 aromatic carbocycles. The van der Waals surface area contributed by atoms with Crippen molar-refractivity contribution in [2.75, 3.05) is 31.8 Å². The van der Waals surface area contributed by atoms with Crippen LogP contribution < -0.4 is 10.4 Å². The topological polar surface area (TPSA) is 69.0 Å². The van der Waals surface area contributed by atoms with Crippen LogP contribution in [0.4, 0.5) is 0 Å². The van der Waals surface area contributed by atoms with Crippen LogP contribution in [0.25, 0.3) is 0 Å². The van der Waals surface area contributed by atoms with Crippen molar-refractivity contribution < 1.29 is 9.90 Å². The Balaban J connectivity index is 1.57. The molecule has 1 atom stereocenters. The van der Waals surface area contributed by atoms with Crippen molar-refractivity contribution in [1.82, 2.24) is 14.5 Å². The minimum absolute atomic E-state index is 0.0275. The molecule has 3 aliphatic rings. The summed E-state index contributed by atoms with van der Waals surface area (Å²) < 4.78 is 1.71. The molecule has 0 unspecified atom stereocenters. The van der Waals surface area contributed by atoms with Gasteiger partial charge in [0, 0.05) is 24.8 Å². The number of carbonyl (C=O) groups is 1. The van der Waals surface area contributed by atoms with Crippen LogP contribution in [0.5, 0.6) is 5.75 Å². The van der Waals surface area contributed by atoms with Crippen molar-refractivity contribution in [3.8, 4) is 5.75 Å². The van der Waals surface area contributed by atoms with Crippen LogP contribution in [-0.2, 0) is 12.8 Å². The molecule has 3 aromatic rings. The first-order chi connectivity index (χ1) is 16.5. The Bertz CT molecular complexity index is 1290. The van der Waals surface area contributed by atoms with E-state index >= 15 is 0 Å². The van der Waals surface area contributed by atoms with E-state index < -0.39 is 11.2 Å². The Labute approximate surface area is 198 Å². The molecule has 1 N–H and O–H groups in total. The van der Waals surface area contributed by atoms with Gasteiger partial charge in [-0.2, -0.15) is 0 Å². The predicted octanol–water partition coefficient (Wildman–Crippen LogP) is 2.50. The van der Waals surface area contributed by atoms with E-state index in [0.717, 1.165) is 32.4 Å². The quantitative estimate of drug-likeness (QED) is 0.642. The van der Waals surface area contributed by atoms with E-state index in [-0.39, 0.29) is 23.7 Å². The highest BCUT2D eigenvalue weighted by Gasteiger charge is 2.41. The summed E-state index contributed by atoms with van der Waals surface area (Å²) in [5.41, 5.74) is 4.45. The van der Waals surface area contributed by atoms with Crippen molar-refractivity contribution in [2.24, 2.45) is 0 Å². The molecule has 1 aromatic heterocycles. The van der Waals surface area contributed by atoms with E-state index in [4.69, 9.17) is 0 Å². The molecule has 7 nitrogen and oxygen atoms in total. The third-order valence-corrected chi connectivity index (χ3v) is 7.56. The molecule has 1 fully saturated rings. The first-order valence-corrected chi connectivity index (χ1v) is 11.9. The Morgan fingerprint density at radius 2 is 1.56 bits per heavy atom. The van der Waals surface area contributed by atoms with Crippen LogP contribution >= 0.6 is 0 Å². The summed E-state index contributed by atoms with van der Waals surface area (Å²) in [6.45, 7) is 2.06. The van der Waals surface area contributed by atoms with Gasteiger partial charge in [-0.3, -0.25) is 19.3 Å². The third kappa shape index (κ3) is 3.22. The monoisotopic (exact) mass is 456 g/mol. The van der Waals surface area contributed by atoms with Gasteiger partial charge in [-0.25, -0.2) is 0 Å². The van der Waals surface area contributed by atoms with E-state index in [1.807, 2.05) is 4.90 Å². The number of rotatable bonds is 2. The van der Waals surface area contributed by atoms with Gasteiger partial charge in [0.05, 0.1) is 6.04 Å². The summed E-state index contributed by atoms with van der Waals surface area (Å²) >= 11 is 0. The fourth-order valence-corrected chi connectivity index (χ4v) is 5.82. The minimum atomic E-state index is -0.536. The number of pyridine rings is 1. The second-order valence-electron chi connectivity index (χ2n) is 9.58. The second kappa shape index (κ2) is 8.02. The molecule has 34 heavy (non-hydrogen) atoms. The number of hydrogen-bond donors (Lipinski definition) is 1. The van der Waals surface area contributed by atoms with Crippen LogP contribution in [0.1, 0.15) is 45.2 Å². The Morgan fingerprint density at radius 1 is 0.912 bits per heavy atom. The Morgan fingerprint density at radius 3 is 2.18 bits per heavy atom. The second-order valence-corrected chi connectivity index (χ2v) is 9.58. The molecular weight excluding hydrogens is 428 g/mol. The van der Waals surface area contributed by atoms with Crippen LogP contribution in [0.3, 0.4) is 0 Å². The van der Waals surface area contributed by atoms with Crippen molar-refractivity contribution in [2.45, 2.75) is 31.3 Å². The number of likely N-dealkylation sites (N-methyl/N-ethyl adjacent to an activating group) is 1. The van der Waals surface area contributed by atoms with E-state index in [0.29, 0.717) is 6.67 Å². The van der Waals surface area contributed by atoms with Crippen LogP contribution in [0.2, 0.25) is 0 Å². The maximum Gasteiger partial charge on any atom is 0.278 e. The van der Waals surface area contributed by atoms with Crippen molar-refractivity contribution in [1.29, 1.82) is 0 Å². The predicted molar refractivity (Wildman–Crippen MR) is 130 cm³/mol. The smallest absolute Gasteiger partial charge is 0.278 e. The number of amides is 1. The highest BCUT2D eigenvalue weighted by molar-refractivity contribution is 5.96. The van der Waals surface area contributed by atoms with Gasteiger partial charge in [0.25, 0.3) is 5.91 Å². The first-order valence-electron chi connectivity index (χ1n) is 11.9. The number of benzene rings is 2. The standard InChI is InChI=1S/C27H28N4O3/c1-28-14-12-20(16-28)29-17-31(30-15-13-23(32)26(33)25(30)27(29)34)24-21-8-4-2-6-18(21)10-11-19-7-3-5-9-22(19)24/h2-9,13,15,20,24,33H,10-12,14,16-17H2,1H3/t20-/m0/s1. The molecule has 0 saturated carbocycles. The van der Waals surface area contributed by atoms with Gasteiger partial charge in [0.1, 0.15) is 6.67 Å². The number of hydrogen-bond acceptors (Lipinski definition) is 5. The highest BCUT2D eigenvalue weighted by atomic mass is 16.3. The summed E-state index contributed by atoms with van der Waals surface area (Å²) in [5.74, 6) is -0.773. The minimum Gasteiger partial charge on any atom is -0.502 e. The van der Waals surface area contributed by atoms with Gasteiger partial charge in [0.2, 0.25) is 5.43 Å². The molecule has 0 spiro atoms. The fraction of sp³-hybridized carbons (Fsp3) is 0.333. The zero-order valence-electron chi connectivity index (χ0n) is 19.2. The van der Waals surface area contributed by atoms with Crippen molar-refractivity contribution in [3.63, 3.8) is 0 Å². The molecule has 2 aliphatic heterocycles. The zero-order chi connectivity index (χ0) is 23.4. The summed E-state index contributed by atoms with van der Waals surface area (Å²) in [6, 6.07) is 18.1. The van der Waals surface area contributed by atoms with Gasteiger partial charge in [0.15, 0.2) is 11.4 Å². The van der Waals surface area contributed by atoms with Gasteiger partial charge in [-0.15, -0.1) is 0 Å². The summed E-state index contributed by atoms with van der Waals surface area (Å²) in [7, 11) is 2.06. The van der Waals surface area contributed by atoms with Gasteiger partial charge < -0.3 is 14.9 Å². The highest BCUT2D eigenvalue weighted by Crippen LogP contribution is 2.38. The summed E-state index contributed by atoms with van der Waals surface area (Å²) in [5, 5.41) is 12.9. The van der Waals surface area contributed by atoms with Crippen LogP contribution in [0.15, 0.2) is 65.6 Å². The molecule has 7 heteroatoms. The average Bonchev–Trinajstić information content (AvgIpc) is 3.20. The zero-order valence-corrected chi connectivity index (χ0v) is 19.2. The summed E-state index contributed by atoms with van der Waals surface area (Å²) in [4.78, 5) is 30.1. The molecular formula is C27H28N4O3. The van der Waals surface area contributed by atoms with Gasteiger partial charge in [-0.1, -0.05) is 48.5 Å².